The van der Waals surface area contributed by atoms with E-state index in [0.717, 1.165) is 31.6 Å². The predicted octanol–water partition coefficient (Wildman–Crippen LogP) is 1.89. The topological polar surface area (TPSA) is 57.6 Å². The van der Waals surface area contributed by atoms with E-state index in [4.69, 9.17) is 5.11 Å². The number of amides is 1. The van der Waals surface area contributed by atoms with Gasteiger partial charge >= 0.3 is 5.97 Å². The van der Waals surface area contributed by atoms with Crippen LogP contribution in [0.3, 0.4) is 0 Å². The van der Waals surface area contributed by atoms with Crippen molar-refractivity contribution in [3.05, 3.63) is 0 Å². The van der Waals surface area contributed by atoms with Gasteiger partial charge in [0.2, 0.25) is 5.91 Å². The average molecular weight is 239 g/mol. The van der Waals surface area contributed by atoms with Gasteiger partial charge in [0.05, 0.1) is 0 Å². The molecule has 0 saturated heterocycles. The van der Waals surface area contributed by atoms with Gasteiger partial charge in [0.25, 0.3) is 0 Å². The average Bonchev–Trinajstić information content (AvgIpc) is 3.09. The number of carboxylic acids is 1. The van der Waals surface area contributed by atoms with Crippen LogP contribution in [0.25, 0.3) is 0 Å². The number of aliphatic carboxylic acids is 1. The molecule has 96 valence electrons. The van der Waals surface area contributed by atoms with Gasteiger partial charge in [0.1, 0.15) is 5.41 Å². The molecule has 4 nitrogen and oxygen atoms in total. The van der Waals surface area contributed by atoms with Crippen LogP contribution in [-0.4, -0.2) is 35.0 Å². The van der Waals surface area contributed by atoms with Crippen LogP contribution in [-0.2, 0) is 9.59 Å². The molecule has 2 saturated carbocycles. The number of rotatable bonds is 3. The lowest BCUT2D eigenvalue weighted by atomic mass is 9.86. The van der Waals surface area contributed by atoms with Crippen LogP contribution in [0.2, 0.25) is 0 Å². The summed E-state index contributed by atoms with van der Waals surface area (Å²) in [6.45, 7) is 2.23. The van der Waals surface area contributed by atoms with Gasteiger partial charge in [-0.25, -0.2) is 0 Å². The van der Waals surface area contributed by atoms with Crippen molar-refractivity contribution in [3.8, 4) is 0 Å². The molecular weight excluding hydrogens is 218 g/mol. The van der Waals surface area contributed by atoms with Gasteiger partial charge in [-0.05, 0) is 44.4 Å². The van der Waals surface area contributed by atoms with Crippen molar-refractivity contribution in [1.29, 1.82) is 0 Å². The maximum absolute atomic E-state index is 12.2. The van der Waals surface area contributed by atoms with E-state index in [1.807, 2.05) is 0 Å². The first kappa shape index (κ1) is 12.4. The fourth-order valence-corrected chi connectivity index (χ4v) is 2.78. The molecule has 0 radical (unpaired) electrons. The van der Waals surface area contributed by atoms with Crippen molar-refractivity contribution in [2.75, 3.05) is 7.05 Å². The number of carbonyl (C=O) groups excluding carboxylic acids is 1. The fraction of sp³-hybridized carbons (Fsp3) is 0.846. The SMILES string of the molecule is CC1CCC(N(C)C(=O)C2(C(=O)O)CC2)CC1. The minimum Gasteiger partial charge on any atom is -0.480 e. The molecule has 1 amide bonds. The largest absolute Gasteiger partial charge is 0.480 e. The number of carboxylic acid groups (broad SMARTS) is 1. The first-order chi connectivity index (χ1) is 7.97. The van der Waals surface area contributed by atoms with E-state index >= 15 is 0 Å². The maximum atomic E-state index is 12.2. The number of hydrogen-bond donors (Lipinski definition) is 1. The van der Waals surface area contributed by atoms with E-state index in [0.29, 0.717) is 12.8 Å². The van der Waals surface area contributed by atoms with E-state index in [2.05, 4.69) is 6.92 Å². The summed E-state index contributed by atoms with van der Waals surface area (Å²) in [6.07, 6.45) is 5.33. The number of nitrogens with zero attached hydrogens (tertiary/aromatic N) is 1. The normalized spacial score (nSPS) is 30.7. The maximum Gasteiger partial charge on any atom is 0.319 e. The van der Waals surface area contributed by atoms with E-state index < -0.39 is 11.4 Å². The summed E-state index contributed by atoms with van der Waals surface area (Å²) in [7, 11) is 1.77. The minimum absolute atomic E-state index is 0.176. The van der Waals surface area contributed by atoms with E-state index in [1.165, 1.54) is 0 Å². The third-order valence-corrected chi connectivity index (χ3v) is 4.42. The molecule has 0 aromatic carbocycles. The second-order valence-corrected chi connectivity index (χ2v) is 5.72. The number of carbonyl (C=O) groups is 2. The van der Waals surface area contributed by atoms with Crippen LogP contribution in [0.4, 0.5) is 0 Å². The van der Waals surface area contributed by atoms with Crippen LogP contribution in [0, 0.1) is 11.3 Å². The lowest BCUT2D eigenvalue weighted by Crippen LogP contribution is -2.45. The van der Waals surface area contributed by atoms with Crippen molar-refractivity contribution in [1.82, 2.24) is 4.90 Å². The molecule has 0 aromatic rings. The second kappa shape index (κ2) is 4.31. The third kappa shape index (κ3) is 2.17. The molecule has 0 bridgehead atoms. The molecule has 0 atom stereocenters. The lowest BCUT2D eigenvalue weighted by molar-refractivity contribution is -0.154. The Morgan fingerprint density at radius 3 is 2.12 bits per heavy atom. The summed E-state index contributed by atoms with van der Waals surface area (Å²) in [4.78, 5) is 25.0. The molecule has 2 rings (SSSR count). The molecule has 0 aromatic heterocycles. The van der Waals surface area contributed by atoms with E-state index in [-0.39, 0.29) is 11.9 Å². The smallest absolute Gasteiger partial charge is 0.319 e. The van der Waals surface area contributed by atoms with Crippen molar-refractivity contribution in [3.63, 3.8) is 0 Å². The van der Waals surface area contributed by atoms with Crippen molar-refractivity contribution < 1.29 is 14.7 Å². The Morgan fingerprint density at radius 2 is 1.71 bits per heavy atom. The van der Waals surface area contributed by atoms with Gasteiger partial charge in [-0.1, -0.05) is 6.92 Å². The summed E-state index contributed by atoms with van der Waals surface area (Å²) in [5.74, 6) is -0.382. The lowest BCUT2D eigenvalue weighted by Gasteiger charge is -2.35. The van der Waals surface area contributed by atoms with Crippen LogP contribution < -0.4 is 0 Å². The summed E-state index contributed by atoms with van der Waals surface area (Å²) in [5, 5.41) is 9.12. The monoisotopic (exact) mass is 239 g/mol. The van der Waals surface area contributed by atoms with Crippen LogP contribution in [0.5, 0.6) is 0 Å². The van der Waals surface area contributed by atoms with Crippen LogP contribution in [0.15, 0.2) is 0 Å². The van der Waals surface area contributed by atoms with Crippen molar-refractivity contribution in [2.45, 2.75) is 51.5 Å². The Morgan fingerprint density at radius 1 is 1.18 bits per heavy atom. The quantitative estimate of drug-likeness (QED) is 0.765. The van der Waals surface area contributed by atoms with Gasteiger partial charge < -0.3 is 10.0 Å². The Kier molecular flexibility index (Phi) is 3.15. The van der Waals surface area contributed by atoms with Gasteiger partial charge in [-0.15, -0.1) is 0 Å². The highest BCUT2D eigenvalue weighted by molar-refractivity contribution is 6.04. The molecule has 2 aliphatic carbocycles. The summed E-state index contributed by atoms with van der Waals surface area (Å²) < 4.78 is 0. The molecule has 0 aliphatic heterocycles. The van der Waals surface area contributed by atoms with Crippen LogP contribution in [0.1, 0.15) is 45.4 Å². The standard InChI is InChI=1S/C13H21NO3/c1-9-3-5-10(6-4-9)14(2)11(15)13(7-8-13)12(16)17/h9-10H,3-8H2,1-2H3,(H,16,17). The van der Waals surface area contributed by atoms with E-state index in [1.54, 1.807) is 11.9 Å². The molecule has 4 heteroatoms. The molecule has 0 spiro atoms. The molecule has 2 aliphatic rings. The van der Waals surface area contributed by atoms with Gasteiger partial charge in [-0.2, -0.15) is 0 Å². The van der Waals surface area contributed by atoms with Gasteiger partial charge in [0, 0.05) is 13.1 Å². The zero-order valence-electron chi connectivity index (χ0n) is 10.6. The predicted molar refractivity (Wildman–Crippen MR) is 63.5 cm³/mol. The van der Waals surface area contributed by atoms with Crippen LogP contribution >= 0.6 is 0 Å². The number of hydrogen-bond acceptors (Lipinski definition) is 2. The van der Waals surface area contributed by atoms with Crippen molar-refractivity contribution in [2.24, 2.45) is 11.3 Å². The summed E-state index contributed by atoms with van der Waals surface area (Å²) in [5.41, 5.74) is -1.07. The molecular formula is C13H21NO3. The molecule has 0 unspecified atom stereocenters. The fourth-order valence-electron chi connectivity index (χ4n) is 2.78. The Hall–Kier alpha value is -1.06. The zero-order valence-corrected chi connectivity index (χ0v) is 10.6. The second-order valence-electron chi connectivity index (χ2n) is 5.72. The summed E-state index contributed by atoms with van der Waals surface area (Å²) >= 11 is 0. The Bertz CT molecular complexity index is 328. The van der Waals surface area contributed by atoms with Gasteiger partial charge in [-0.3, -0.25) is 9.59 Å². The highest BCUT2D eigenvalue weighted by Crippen LogP contribution is 2.48. The third-order valence-electron chi connectivity index (χ3n) is 4.42. The van der Waals surface area contributed by atoms with Crippen molar-refractivity contribution >= 4 is 11.9 Å². The molecule has 2 fully saturated rings. The van der Waals surface area contributed by atoms with E-state index in [9.17, 15) is 9.59 Å². The molecule has 0 heterocycles. The minimum atomic E-state index is -1.07. The summed E-state index contributed by atoms with van der Waals surface area (Å²) in [6, 6.07) is 0.246. The highest BCUT2D eigenvalue weighted by atomic mass is 16.4. The zero-order chi connectivity index (χ0) is 12.6. The first-order valence-electron chi connectivity index (χ1n) is 6.48. The Labute approximate surface area is 102 Å². The first-order valence-corrected chi connectivity index (χ1v) is 6.48. The van der Waals surface area contributed by atoms with Gasteiger partial charge in [0.15, 0.2) is 0 Å². The molecule has 1 N–H and O–H groups in total. The highest BCUT2D eigenvalue weighted by Gasteiger charge is 2.58. The molecule has 17 heavy (non-hydrogen) atoms. The Balaban J connectivity index is 1.98.